The standard InChI is InChI=1S/C20H17F3N4O/c21-20(22,23)16-9-13(8-15(10-16)14-6-7-14)11-24-19(28)18-25-12-26-27(18)17-4-2-1-3-5-17/h1-5,8-10,12,14H,6-7,11H2,(H,24,28). The summed E-state index contributed by atoms with van der Waals surface area (Å²) >= 11 is 0. The Morgan fingerprint density at radius 3 is 2.57 bits per heavy atom. The van der Waals surface area contributed by atoms with Crippen LogP contribution in [-0.4, -0.2) is 20.7 Å². The molecule has 8 heteroatoms. The highest BCUT2D eigenvalue weighted by molar-refractivity contribution is 5.91. The molecule has 1 saturated carbocycles. The fourth-order valence-corrected chi connectivity index (χ4v) is 3.05. The zero-order chi connectivity index (χ0) is 19.7. The molecule has 4 rings (SSSR count). The van der Waals surface area contributed by atoms with Gasteiger partial charge in [0.05, 0.1) is 11.3 Å². The topological polar surface area (TPSA) is 59.8 Å². The molecule has 0 saturated heterocycles. The third-order valence-corrected chi connectivity index (χ3v) is 4.60. The smallest absolute Gasteiger partial charge is 0.345 e. The Hall–Kier alpha value is -3.16. The monoisotopic (exact) mass is 386 g/mol. The number of amides is 1. The summed E-state index contributed by atoms with van der Waals surface area (Å²) in [6, 6.07) is 13.0. The normalized spacial score (nSPS) is 14.1. The number of nitrogens with one attached hydrogen (secondary N) is 1. The Morgan fingerprint density at radius 1 is 1.14 bits per heavy atom. The summed E-state index contributed by atoms with van der Waals surface area (Å²) in [6.45, 7) is -0.0237. The number of benzene rings is 2. The molecule has 0 spiro atoms. The average Bonchev–Trinajstić information content (AvgIpc) is 3.42. The van der Waals surface area contributed by atoms with E-state index in [0.29, 0.717) is 16.8 Å². The van der Waals surface area contributed by atoms with E-state index in [4.69, 9.17) is 0 Å². The predicted molar refractivity (Wildman–Crippen MR) is 95.9 cm³/mol. The van der Waals surface area contributed by atoms with Crippen molar-refractivity contribution in [1.29, 1.82) is 0 Å². The number of nitrogens with zero attached hydrogens (tertiary/aromatic N) is 3. The molecule has 1 aliphatic carbocycles. The number of alkyl halides is 3. The van der Waals surface area contributed by atoms with E-state index >= 15 is 0 Å². The highest BCUT2D eigenvalue weighted by Crippen LogP contribution is 2.42. The van der Waals surface area contributed by atoms with E-state index in [0.717, 1.165) is 18.9 Å². The maximum absolute atomic E-state index is 13.2. The number of hydrogen-bond acceptors (Lipinski definition) is 3. The molecule has 0 unspecified atom stereocenters. The molecule has 1 N–H and O–H groups in total. The van der Waals surface area contributed by atoms with Crippen LogP contribution in [0.1, 0.15) is 46.1 Å². The van der Waals surface area contributed by atoms with Crippen molar-refractivity contribution in [1.82, 2.24) is 20.1 Å². The van der Waals surface area contributed by atoms with E-state index in [2.05, 4.69) is 15.4 Å². The van der Waals surface area contributed by atoms with Gasteiger partial charge in [-0.3, -0.25) is 4.79 Å². The maximum atomic E-state index is 13.2. The van der Waals surface area contributed by atoms with Gasteiger partial charge >= 0.3 is 6.18 Å². The molecule has 0 radical (unpaired) electrons. The second-order valence-corrected chi connectivity index (χ2v) is 6.75. The first-order chi connectivity index (χ1) is 13.4. The lowest BCUT2D eigenvalue weighted by atomic mass is 10.0. The van der Waals surface area contributed by atoms with Crippen molar-refractivity contribution < 1.29 is 18.0 Å². The van der Waals surface area contributed by atoms with Gasteiger partial charge in [0.2, 0.25) is 5.82 Å². The van der Waals surface area contributed by atoms with Crippen LogP contribution in [0.4, 0.5) is 13.2 Å². The molecule has 1 aromatic heterocycles. The first-order valence-corrected chi connectivity index (χ1v) is 8.86. The predicted octanol–water partition coefficient (Wildman–Crippen LogP) is 4.09. The Labute approximate surface area is 159 Å². The molecular formula is C20H17F3N4O. The second kappa shape index (κ2) is 7.10. The first kappa shape index (κ1) is 18.2. The third-order valence-electron chi connectivity index (χ3n) is 4.60. The minimum absolute atomic E-state index is 0.0237. The van der Waals surface area contributed by atoms with Crippen LogP contribution in [0.25, 0.3) is 5.69 Å². The number of carbonyl (C=O) groups is 1. The molecule has 3 aromatic rings. The number of para-hydroxylation sites is 1. The van der Waals surface area contributed by atoms with Gasteiger partial charge in [0.15, 0.2) is 0 Å². The van der Waals surface area contributed by atoms with Crippen LogP contribution in [0.5, 0.6) is 0 Å². The van der Waals surface area contributed by atoms with Gasteiger partial charge in [-0.05, 0) is 54.2 Å². The van der Waals surface area contributed by atoms with E-state index in [1.807, 2.05) is 6.07 Å². The zero-order valence-corrected chi connectivity index (χ0v) is 14.8. The van der Waals surface area contributed by atoms with Gasteiger partial charge in [0.1, 0.15) is 6.33 Å². The molecule has 1 heterocycles. The second-order valence-electron chi connectivity index (χ2n) is 6.75. The first-order valence-electron chi connectivity index (χ1n) is 8.86. The lowest BCUT2D eigenvalue weighted by Gasteiger charge is -2.13. The number of aromatic nitrogens is 3. The van der Waals surface area contributed by atoms with E-state index in [1.54, 1.807) is 30.3 Å². The van der Waals surface area contributed by atoms with Gasteiger partial charge in [0.25, 0.3) is 5.91 Å². The van der Waals surface area contributed by atoms with Gasteiger partial charge in [-0.1, -0.05) is 24.3 Å². The number of hydrogen-bond donors (Lipinski definition) is 1. The number of halogens is 3. The molecular weight excluding hydrogens is 369 g/mol. The van der Waals surface area contributed by atoms with E-state index < -0.39 is 17.6 Å². The minimum atomic E-state index is -4.42. The molecule has 28 heavy (non-hydrogen) atoms. The zero-order valence-electron chi connectivity index (χ0n) is 14.8. The van der Waals surface area contributed by atoms with Crippen molar-refractivity contribution in [3.8, 4) is 5.69 Å². The Kier molecular flexibility index (Phi) is 4.62. The van der Waals surface area contributed by atoms with Crippen molar-refractivity contribution in [3.63, 3.8) is 0 Å². The summed E-state index contributed by atoms with van der Waals surface area (Å²) < 4.78 is 40.9. The van der Waals surface area contributed by atoms with Crippen molar-refractivity contribution in [2.75, 3.05) is 0 Å². The summed E-state index contributed by atoms with van der Waals surface area (Å²) in [5.41, 5.74) is 1.07. The van der Waals surface area contributed by atoms with Crippen LogP contribution in [0.3, 0.4) is 0 Å². The summed E-state index contributed by atoms with van der Waals surface area (Å²) in [4.78, 5) is 16.5. The van der Waals surface area contributed by atoms with E-state index in [9.17, 15) is 18.0 Å². The highest BCUT2D eigenvalue weighted by atomic mass is 19.4. The van der Waals surface area contributed by atoms with Crippen LogP contribution in [0.15, 0.2) is 54.9 Å². The average molecular weight is 386 g/mol. The molecule has 5 nitrogen and oxygen atoms in total. The van der Waals surface area contributed by atoms with Gasteiger partial charge in [-0.15, -0.1) is 0 Å². The van der Waals surface area contributed by atoms with Gasteiger partial charge in [-0.25, -0.2) is 9.67 Å². The quantitative estimate of drug-likeness (QED) is 0.718. The van der Waals surface area contributed by atoms with Crippen LogP contribution < -0.4 is 5.32 Å². The maximum Gasteiger partial charge on any atom is 0.416 e. The largest absolute Gasteiger partial charge is 0.416 e. The van der Waals surface area contributed by atoms with Gasteiger partial charge < -0.3 is 5.32 Å². The molecule has 1 amide bonds. The highest BCUT2D eigenvalue weighted by Gasteiger charge is 2.33. The van der Waals surface area contributed by atoms with Crippen molar-refractivity contribution in [2.45, 2.75) is 31.5 Å². The number of rotatable bonds is 5. The summed E-state index contributed by atoms with van der Waals surface area (Å²) in [5, 5.41) is 6.70. The molecule has 0 bridgehead atoms. The minimum Gasteiger partial charge on any atom is -0.345 e. The Bertz CT molecular complexity index is 994. The Morgan fingerprint density at radius 2 is 1.89 bits per heavy atom. The number of carbonyl (C=O) groups excluding carboxylic acids is 1. The SMILES string of the molecule is O=C(NCc1cc(C2CC2)cc(C(F)(F)F)c1)c1ncnn1-c1ccccc1. The lowest BCUT2D eigenvalue weighted by molar-refractivity contribution is -0.137. The fraction of sp³-hybridized carbons (Fsp3) is 0.250. The fourth-order valence-electron chi connectivity index (χ4n) is 3.05. The lowest BCUT2D eigenvalue weighted by Crippen LogP contribution is -2.26. The van der Waals surface area contributed by atoms with Crippen LogP contribution >= 0.6 is 0 Å². The van der Waals surface area contributed by atoms with Gasteiger partial charge in [0, 0.05) is 6.54 Å². The summed E-state index contributed by atoms with van der Waals surface area (Å²) in [6.07, 6.45) is -1.37. The summed E-state index contributed by atoms with van der Waals surface area (Å²) in [5.74, 6) is -0.259. The van der Waals surface area contributed by atoms with Crippen LogP contribution in [0.2, 0.25) is 0 Å². The molecule has 0 atom stereocenters. The van der Waals surface area contributed by atoms with Crippen molar-refractivity contribution in [2.24, 2.45) is 0 Å². The molecule has 1 aliphatic rings. The summed E-state index contributed by atoms with van der Waals surface area (Å²) in [7, 11) is 0. The van der Waals surface area contributed by atoms with Crippen LogP contribution in [-0.2, 0) is 12.7 Å². The van der Waals surface area contributed by atoms with Crippen molar-refractivity contribution >= 4 is 5.91 Å². The van der Waals surface area contributed by atoms with E-state index in [-0.39, 0.29) is 18.3 Å². The van der Waals surface area contributed by atoms with Crippen molar-refractivity contribution in [3.05, 3.63) is 77.4 Å². The van der Waals surface area contributed by atoms with Gasteiger partial charge in [-0.2, -0.15) is 18.3 Å². The van der Waals surface area contributed by atoms with E-state index in [1.165, 1.54) is 17.1 Å². The third kappa shape index (κ3) is 3.90. The van der Waals surface area contributed by atoms with Crippen LogP contribution in [0, 0.1) is 0 Å². The molecule has 1 fully saturated rings. The molecule has 2 aromatic carbocycles. The Balaban J connectivity index is 1.53. The molecule has 144 valence electrons. The molecule has 0 aliphatic heterocycles.